The average molecular weight is 231 g/mol. The molecule has 0 aliphatic rings. The van der Waals surface area contributed by atoms with E-state index in [9.17, 15) is 0 Å². The van der Waals surface area contributed by atoms with E-state index in [2.05, 4.69) is 57.3 Å². The summed E-state index contributed by atoms with van der Waals surface area (Å²) in [4.78, 5) is 9.42. The number of fused-ring (bicyclic) bond motifs is 1. The summed E-state index contributed by atoms with van der Waals surface area (Å²) in [5, 5.41) is 1.20. The maximum absolute atomic E-state index is 4.73. The fraction of sp³-hybridized carbons (Fsp3) is 0.571. The van der Waals surface area contributed by atoms with E-state index < -0.39 is 0 Å². The molecule has 0 spiro atoms. The molecular weight excluding hydrogens is 210 g/mol. The Morgan fingerprint density at radius 1 is 1.06 bits per heavy atom. The summed E-state index contributed by atoms with van der Waals surface area (Å²) in [7, 11) is 2.07. The predicted octanol–water partition coefficient (Wildman–Crippen LogP) is 3.52. The smallest absolute Gasteiger partial charge is 0.143 e. The molecule has 0 aliphatic carbocycles. The largest absolute Gasteiger partial charge is 0.333 e. The lowest BCUT2D eigenvalue weighted by molar-refractivity contribution is 0.736. The van der Waals surface area contributed by atoms with Gasteiger partial charge in [-0.05, 0) is 18.9 Å². The van der Waals surface area contributed by atoms with Crippen molar-refractivity contribution >= 4 is 11.0 Å². The van der Waals surface area contributed by atoms with Gasteiger partial charge in [-0.3, -0.25) is 0 Å². The summed E-state index contributed by atoms with van der Waals surface area (Å²) in [6.07, 6.45) is 0. The minimum atomic E-state index is 0.368. The Morgan fingerprint density at radius 2 is 1.71 bits per heavy atom. The minimum absolute atomic E-state index is 0.368. The second-order valence-electron chi connectivity index (χ2n) is 5.36. The van der Waals surface area contributed by atoms with Gasteiger partial charge >= 0.3 is 0 Å². The Morgan fingerprint density at radius 3 is 2.24 bits per heavy atom. The van der Waals surface area contributed by atoms with Crippen molar-refractivity contribution in [1.82, 2.24) is 14.5 Å². The Balaban J connectivity index is 2.81. The van der Waals surface area contributed by atoms with Crippen molar-refractivity contribution < 1.29 is 0 Å². The first-order valence-corrected chi connectivity index (χ1v) is 6.25. The van der Waals surface area contributed by atoms with Gasteiger partial charge in [-0.2, -0.15) is 0 Å². The van der Waals surface area contributed by atoms with E-state index in [4.69, 9.17) is 4.98 Å². The number of aryl methyl sites for hydroxylation is 2. The number of aromatic nitrogens is 3. The molecule has 3 nitrogen and oxygen atoms in total. The standard InChI is InChI=1S/C14H21N3/c1-8(2)12-11-7-10(5)17(6)14(11)16-13(15-12)9(3)4/h7-9H,1-6H3. The fourth-order valence-corrected chi connectivity index (χ4v) is 2.06. The lowest BCUT2D eigenvalue weighted by Crippen LogP contribution is -2.05. The van der Waals surface area contributed by atoms with Gasteiger partial charge in [0.1, 0.15) is 11.5 Å². The van der Waals surface area contributed by atoms with Crippen LogP contribution in [-0.4, -0.2) is 14.5 Å². The Bertz CT molecular complexity index is 550. The molecule has 0 atom stereocenters. The number of nitrogens with zero attached hydrogens (tertiary/aromatic N) is 3. The van der Waals surface area contributed by atoms with Gasteiger partial charge in [0.15, 0.2) is 0 Å². The molecule has 0 saturated carbocycles. The average Bonchev–Trinajstić information content (AvgIpc) is 2.54. The van der Waals surface area contributed by atoms with Crippen LogP contribution in [0.2, 0.25) is 0 Å². The summed E-state index contributed by atoms with van der Waals surface area (Å²) >= 11 is 0. The molecule has 3 heteroatoms. The number of hydrogen-bond acceptors (Lipinski definition) is 2. The maximum Gasteiger partial charge on any atom is 0.143 e. The quantitative estimate of drug-likeness (QED) is 0.791. The van der Waals surface area contributed by atoms with Gasteiger partial charge in [0.25, 0.3) is 0 Å². The number of hydrogen-bond donors (Lipinski definition) is 0. The second kappa shape index (κ2) is 4.13. The van der Waals surface area contributed by atoms with Gasteiger partial charge < -0.3 is 4.57 Å². The van der Waals surface area contributed by atoms with E-state index in [0.29, 0.717) is 11.8 Å². The minimum Gasteiger partial charge on any atom is -0.333 e. The van der Waals surface area contributed by atoms with Crippen LogP contribution >= 0.6 is 0 Å². The van der Waals surface area contributed by atoms with Gasteiger partial charge in [0.2, 0.25) is 0 Å². The van der Waals surface area contributed by atoms with E-state index in [0.717, 1.165) is 11.5 Å². The molecule has 0 radical (unpaired) electrons. The molecule has 92 valence electrons. The third-order valence-electron chi connectivity index (χ3n) is 3.24. The first kappa shape index (κ1) is 12.1. The molecule has 0 saturated heterocycles. The summed E-state index contributed by atoms with van der Waals surface area (Å²) in [6.45, 7) is 10.8. The SMILES string of the molecule is Cc1cc2c(C(C)C)nc(C(C)C)nc2n1C. The van der Waals surface area contributed by atoms with Crippen molar-refractivity contribution in [1.29, 1.82) is 0 Å². The molecule has 2 aromatic heterocycles. The van der Waals surface area contributed by atoms with Gasteiger partial charge in [-0.25, -0.2) is 9.97 Å². The van der Waals surface area contributed by atoms with Crippen molar-refractivity contribution in [2.45, 2.75) is 46.5 Å². The molecule has 0 N–H and O–H groups in total. The van der Waals surface area contributed by atoms with Crippen LogP contribution in [0.25, 0.3) is 11.0 Å². The zero-order chi connectivity index (χ0) is 12.7. The first-order valence-electron chi connectivity index (χ1n) is 6.25. The van der Waals surface area contributed by atoms with Gasteiger partial charge in [-0.1, -0.05) is 27.7 Å². The van der Waals surface area contributed by atoms with Crippen molar-refractivity contribution in [3.8, 4) is 0 Å². The Hall–Kier alpha value is -1.38. The summed E-state index contributed by atoms with van der Waals surface area (Å²) in [5.74, 6) is 1.74. The van der Waals surface area contributed by atoms with Gasteiger partial charge in [0, 0.05) is 24.0 Å². The van der Waals surface area contributed by atoms with Crippen LogP contribution in [0.4, 0.5) is 0 Å². The van der Waals surface area contributed by atoms with Crippen LogP contribution in [-0.2, 0) is 7.05 Å². The third-order valence-corrected chi connectivity index (χ3v) is 3.24. The fourth-order valence-electron chi connectivity index (χ4n) is 2.06. The monoisotopic (exact) mass is 231 g/mol. The molecule has 0 unspecified atom stereocenters. The highest BCUT2D eigenvalue weighted by Crippen LogP contribution is 2.26. The highest BCUT2D eigenvalue weighted by molar-refractivity contribution is 5.80. The van der Waals surface area contributed by atoms with Crippen molar-refractivity contribution in [3.63, 3.8) is 0 Å². The zero-order valence-corrected chi connectivity index (χ0v) is 11.6. The lowest BCUT2D eigenvalue weighted by Gasteiger charge is -2.11. The topological polar surface area (TPSA) is 30.7 Å². The molecule has 2 aromatic rings. The van der Waals surface area contributed by atoms with E-state index in [1.807, 2.05) is 0 Å². The van der Waals surface area contributed by atoms with Crippen molar-refractivity contribution in [2.75, 3.05) is 0 Å². The molecule has 0 aromatic carbocycles. The van der Waals surface area contributed by atoms with Crippen LogP contribution in [0.3, 0.4) is 0 Å². The highest BCUT2D eigenvalue weighted by atomic mass is 15.1. The maximum atomic E-state index is 4.73. The highest BCUT2D eigenvalue weighted by Gasteiger charge is 2.15. The van der Waals surface area contributed by atoms with E-state index in [1.165, 1.54) is 16.8 Å². The van der Waals surface area contributed by atoms with E-state index >= 15 is 0 Å². The zero-order valence-electron chi connectivity index (χ0n) is 11.6. The van der Waals surface area contributed by atoms with Gasteiger partial charge in [-0.15, -0.1) is 0 Å². The first-order chi connectivity index (χ1) is 7.91. The van der Waals surface area contributed by atoms with Crippen LogP contribution < -0.4 is 0 Å². The Labute approximate surface area is 103 Å². The molecule has 2 heterocycles. The summed E-state index contributed by atoms with van der Waals surface area (Å²) in [6, 6.07) is 2.19. The molecule has 0 bridgehead atoms. The van der Waals surface area contributed by atoms with Crippen LogP contribution in [0.1, 0.15) is 56.7 Å². The normalized spacial score (nSPS) is 12.0. The van der Waals surface area contributed by atoms with E-state index in [-0.39, 0.29) is 0 Å². The predicted molar refractivity (Wildman–Crippen MR) is 71.4 cm³/mol. The molecular formula is C14H21N3. The van der Waals surface area contributed by atoms with Gasteiger partial charge in [0.05, 0.1) is 5.69 Å². The molecule has 2 rings (SSSR count). The van der Waals surface area contributed by atoms with E-state index in [1.54, 1.807) is 0 Å². The molecule has 17 heavy (non-hydrogen) atoms. The molecule has 0 amide bonds. The Kier molecular flexibility index (Phi) is 2.94. The number of rotatable bonds is 2. The van der Waals surface area contributed by atoms with Crippen LogP contribution in [0.15, 0.2) is 6.07 Å². The summed E-state index contributed by atoms with van der Waals surface area (Å²) < 4.78 is 2.15. The summed E-state index contributed by atoms with van der Waals surface area (Å²) in [5.41, 5.74) is 3.46. The third kappa shape index (κ3) is 1.94. The van der Waals surface area contributed by atoms with Crippen LogP contribution in [0.5, 0.6) is 0 Å². The molecule has 0 aliphatic heterocycles. The van der Waals surface area contributed by atoms with Crippen molar-refractivity contribution in [2.24, 2.45) is 7.05 Å². The lowest BCUT2D eigenvalue weighted by atomic mass is 10.1. The second-order valence-corrected chi connectivity index (χ2v) is 5.36. The van der Waals surface area contributed by atoms with Crippen LogP contribution in [0, 0.1) is 6.92 Å². The van der Waals surface area contributed by atoms with Crippen molar-refractivity contribution in [3.05, 3.63) is 23.3 Å². The molecule has 0 fully saturated rings.